The van der Waals surface area contributed by atoms with E-state index in [0.717, 1.165) is 5.56 Å². The van der Waals surface area contributed by atoms with Gasteiger partial charge in [0.15, 0.2) is 0 Å². The zero-order valence-corrected chi connectivity index (χ0v) is 14.0. The average molecular weight is 333 g/mol. The number of H-pyrrole nitrogens is 1. The Balaban J connectivity index is 1.88. The summed E-state index contributed by atoms with van der Waals surface area (Å²) in [5, 5.41) is 22.0. The Morgan fingerprint density at radius 1 is 1.33 bits per heavy atom. The molecule has 1 heterocycles. The summed E-state index contributed by atoms with van der Waals surface area (Å²) in [6.45, 7) is 6.73. The van der Waals surface area contributed by atoms with Crippen molar-refractivity contribution in [3.63, 3.8) is 0 Å². The highest BCUT2D eigenvalue weighted by Gasteiger charge is 2.13. The number of β-amino-alcohol motifs (C(OH)–C–C–N with tert-alkyl or cyclic N) is 1. The molecule has 0 radical (unpaired) electrons. The Morgan fingerprint density at radius 3 is 2.54 bits per heavy atom. The molecule has 0 aliphatic heterocycles. The molecule has 0 fully saturated rings. The van der Waals surface area contributed by atoms with Crippen molar-refractivity contribution in [2.75, 3.05) is 13.2 Å². The summed E-state index contributed by atoms with van der Waals surface area (Å²) in [5.74, 6) is 0.0542. The zero-order chi connectivity index (χ0) is 17.7. The van der Waals surface area contributed by atoms with Gasteiger partial charge in [-0.05, 0) is 45.0 Å². The van der Waals surface area contributed by atoms with E-state index in [9.17, 15) is 9.90 Å². The van der Waals surface area contributed by atoms with Crippen LogP contribution in [0.1, 0.15) is 31.3 Å². The summed E-state index contributed by atoms with van der Waals surface area (Å²) in [7, 11) is 0. The molecule has 0 saturated carbocycles. The quantitative estimate of drug-likeness (QED) is 0.616. The predicted molar refractivity (Wildman–Crippen MR) is 90.2 cm³/mol. The van der Waals surface area contributed by atoms with Gasteiger partial charge in [-0.2, -0.15) is 0 Å². The Morgan fingerprint density at radius 2 is 2.00 bits per heavy atom. The van der Waals surface area contributed by atoms with Gasteiger partial charge in [0.05, 0.1) is 6.20 Å². The average Bonchev–Trinajstić information content (AvgIpc) is 3.01. The highest BCUT2D eigenvalue weighted by Crippen LogP contribution is 2.20. The summed E-state index contributed by atoms with van der Waals surface area (Å²) in [4.78, 5) is 17.6. The number of hydrogen-bond acceptors (Lipinski definition) is 5. The number of aromatic carboxylic acids is 1. The van der Waals surface area contributed by atoms with Crippen molar-refractivity contribution in [3.8, 4) is 17.1 Å². The minimum atomic E-state index is -1.05. The third-order valence-corrected chi connectivity index (χ3v) is 3.24. The van der Waals surface area contributed by atoms with E-state index in [1.807, 2.05) is 20.8 Å². The van der Waals surface area contributed by atoms with Crippen LogP contribution in [0.15, 0.2) is 30.5 Å². The van der Waals surface area contributed by atoms with Crippen molar-refractivity contribution >= 4 is 5.97 Å². The molecule has 2 aromatic rings. The number of carboxylic acids is 1. The molecule has 130 valence electrons. The molecule has 4 N–H and O–H groups in total. The third-order valence-electron chi connectivity index (χ3n) is 3.24. The van der Waals surface area contributed by atoms with Crippen molar-refractivity contribution in [1.29, 1.82) is 0 Å². The number of nitrogens with one attached hydrogen (secondary N) is 2. The summed E-state index contributed by atoms with van der Waals surface area (Å²) in [6.07, 6.45) is 0.674. The van der Waals surface area contributed by atoms with Crippen LogP contribution in [0.5, 0.6) is 5.75 Å². The second-order valence-corrected chi connectivity index (χ2v) is 6.57. The molecule has 0 spiro atoms. The van der Waals surface area contributed by atoms with Gasteiger partial charge >= 0.3 is 5.97 Å². The number of benzene rings is 1. The third kappa shape index (κ3) is 5.36. The summed E-state index contributed by atoms with van der Waals surface area (Å²) in [5.41, 5.74) is 0.741. The Bertz CT molecular complexity index is 674. The lowest BCUT2D eigenvalue weighted by molar-refractivity contribution is 0.0691. The maximum Gasteiger partial charge on any atom is 0.353 e. The Hall–Kier alpha value is -2.38. The summed E-state index contributed by atoms with van der Waals surface area (Å²) >= 11 is 0. The maximum atomic E-state index is 10.8. The van der Waals surface area contributed by atoms with Gasteiger partial charge in [0.25, 0.3) is 0 Å². The highest BCUT2D eigenvalue weighted by molar-refractivity contribution is 5.85. The van der Waals surface area contributed by atoms with Crippen LogP contribution < -0.4 is 10.1 Å². The molecular weight excluding hydrogens is 310 g/mol. The molecule has 2 rings (SSSR count). The largest absolute Gasteiger partial charge is 0.491 e. The lowest BCUT2D eigenvalue weighted by Gasteiger charge is -2.22. The van der Waals surface area contributed by atoms with E-state index in [1.54, 1.807) is 24.3 Å². The number of aliphatic hydroxyl groups is 1. The number of aliphatic hydroxyl groups excluding tert-OH is 1. The van der Waals surface area contributed by atoms with Crippen LogP contribution >= 0.6 is 0 Å². The first-order valence-electron chi connectivity index (χ1n) is 7.69. The van der Waals surface area contributed by atoms with Gasteiger partial charge < -0.3 is 25.3 Å². The lowest BCUT2D eigenvalue weighted by Crippen LogP contribution is -2.42. The maximum absolute atomic E-state index is 10.8. The van der Waals surface area contributed by atoms with Crippen LogP contribution in [-0.2, 0) is 0 Å². The normalized spacial score (nSPS) is 12.8. The highest BCUT2D eigenvalue weighted by atomic mass is 16.5. The molecule has 0 amide bonds. The van der Waals surface area contributed by atoms with Crippen LogP contribution in [0.25, 0.3) is 11.4 Å². The van der Waals surface area contributed by atoms with Crippen molar-refractivity contribution in [2.24, 2.45) is 0 Å². The fraction of sp³-hybridized carbons (Fsp3) is 0.412. The molecule has 0 aliphatic rings. The number of aromatic amines is 1. The first-order valence-corrected chi connectivity index (χ1v) is 7.69. The first kappa shape index (κ1) is 18.0. The van der Waals surface area contributed by atoms with E-state index in [4.69, 9.17) is 9.84 Å². The minimum absolute atomic E-state index is 0.0415. The number of carboxylic acid groups (broad SMARTS) is 1. The van der Waals surface area contributed by atoms with E-state index in [-0.39, 0.29) is 17.8 Å². The zero-order valence-electron chi connectivity index (χ0n) is 14.0. The lowest BCUT2D eigenvalue weighted by atomic mass is 10.1. The van der Waals surface area contributed by atoms with E-state index in [2.05, 4.69) is 15.3 Å². The molecule has 24 heavy (non-hydrogen) atoms. The molecule has 7 heteroatoms. The first-order chi connectivity index (χ1) is 11.2. The van der Waals surface area contributed by atoms with Gasteiger partial charge in [-0.15, -0.1) is 0 Å². The smallest absolute Gasteiger partial charge is 0.353 e. The monoisotopic (exact) mass is 333 g/mol. The molecule has 0 aliphatic carbocycles. The molecule has 0 saturated heterocycles. The van der Waals surface area contributed by atoms with E-state index in [0.29, 0.717) is 18.1 Å². The topological polar surface area (TPSA) is 107 Å². The van der Waals surface area contributed by atoms with Gasteiger partial charge in [0, 0.05) is 17.6 Å². The van der Waals surface area contributed by atoms with Gasteiger partial charge in [0.2, 0.25) is 0 Å². The predicted octanol–water partition coefficient (Wildman–Crippen LogP) is 1.90. The van der Waals surface area contributed by atoms with E-state index in [1.165, 1.54) is 6.20 Å². The second kappa shape index (κ2) is 7.46. The van der Waals surface area contributed by atoms with Crippen molar-refractivity contribution < 1.29 is 19.7 Å². The van der Waals surface area contributed by atoms with Gasteiger partial charge in [0.1, 0.15) is 30.0 Å². The number of hydrogen-bond donors (Lipinski definition) is 4. The van der Waals surface area contributed by atoms with E-state index >= 15 is 0 Å². The van der Waals surface area contributed by atoms with E-state index < -0.39 is 12.1 Å². The number of aromatic nitrogens is 2. The Labute approximate surface area is 140 Å². The van der Waals surface area contributed by atoms with Crippen LogP contribution in [0.4, 0.5) is 0 Å². The van der Waals surface area contributed by atoms with Gasteiger partial charge in [-0.1, -0.05) is 0 Å². The SMILES string of the molecule is CC(C)(C)NC[C@H](O)COc1ccc(-c2ncc(C(=O)O)[nH]2)cc1. The molecule has 7 nitrogen and oxygen atoms in total. The molecule has 0 unspecified atom stereocenters. The van der Waals surface area contributed by atoms with Crippen molar-refractivity contribution in [3.05, 3.63) is 36.2 Å². The van der Waals surface area contributed by atoms with Crippen LogP contribution in [0, 0.1) is 0 Å². The summed E-state index contributed by atoms with van der Waals surface area (Å²) < 4.78 is 5.55. The number of imidazole rings is 1. The van der Waals surface area contributed by atoms with Crippen LogP contribution in [-0.4, -0.2) is 50.9 Å². The minimum Gasteiger partial charge on any atom is -0.491 e. The molecule has 1 atom stereocenters. The van der Waals surface area contributed by atoms with Crippen LogP contribution in [0.2, 0.25) is 0 Å². The van der Waals surface area contributed by atoms with Crippen molar-refractivity contribution in [2.45, 2.75) is 32.4 Å². The standard InChI is InChI=1S/C17H23N3O4/c1-17(2,3)19-8-12(21)10-24-13-6-4-11(5-7-13)15-18-9-14(20-15)16(22)23/h4-7,9,12,19,21H,8,10H2,1-3H3,(H,18,20)(H,22,23)/t12-/m0/s1. The van der Waals surface area contributed by atoms with Crippen molar-refractivity contribution in [1.82, 2.24) is 15.3 Å². The molecular formula is C17H23N3O4. The van der Waals surface area contributed by atoms with Crippen LogP contribution in [0.3, 0.4) is 0 Å². The van der Waals surface area contributed by atoms with Gasteiger partial charge in [-0.3, -0.25) is 0 Å². The number of rotatable bonds is 7. The second-order valence-electron chi connectivity index (χ2n) is 6.57. The number of nitrogens with zero attached hydrogens (tertiary/aromatic N) is 1. The fourth-order valence-corrected chi connectivity index (χ4v) is 1.96. The Kier molecular flexibility index (Phi) is 5.58. The molecule has 0 bridgehead atoms. The molecule has 1 aromatic carbocycles. The number of ether oxygens (including phenoxy) is 1. The van der Waals surface area contributed by atoms with Gasteiger partial charge in [-0.25, -0.2) is 9.78 Å². The summed E-state index contributed by atoms with van der Waals surface area (Å²) in [6, 6.07) is 7.06. The fourth-order valence-electron chi connectivity index (χ4n) is 1.96. The molecule has 1 aromatic heterocycles. The number of carbonyl (C=O) groups is 1.